The lowest BCUT2D eigenvalue weighted by Crippen LogP contribution is -2.48. The van der Waals surface area contributed by atoms with Crippen LogP contribution in [0.1, 0.15) is 62.6 Å². The normalized spacial score (nSPS) is 33.4. The maximum Gasteiger partial charge on any atom is 0.161 e. The molecule has 11 unspecified atom stereocenters. The van der Waals surface area contributed by atoms with Crippen LogP contribution < -0.4 is 15.8 Å². The zero-order valence-corrected chi connectivity index (χ0v) is 28.9. The van der Waals surface area contributed by atoms with Gasteiger partial charge in [-0.1, -0.05) is 68.1 Å². The van der Waals surface area contributed by atoms with Crippen LogP contribution in [0.15, 0.2) is 84.4 Å². The zero-order valence-electron chi connectivity index (χ0n) is 28.9. The quantitative estimate of drug-likeness (QED) is 0.142. The van der Waals surface area contributed by atoms with E-state index in [9.17, 15) is 25.5 Å². The third kappa shape index (κ3) is 8.16. The first-order valence-corrected chi connectivity index (χ1v) is 18.3. The van der Waals surface area contributed by atoms with Crippen LogP contribution in [0.25, 0.3) is 0 Å². The number of benzene rings is 1. The Morgan fingerprint density at radius 3 is 2.62 bits per heavy atom. The van der Waals surface area contributed by atoms with Gasteiger partial charge >= 0.3 is 0 Å². The highest BCUT2D eigenvalue weighted by Gasteiger charge is 2.42. The first kappa shape index (κ1) is 35.9. The number of nitrogens with one attached hydrogen (secondary N) is 2. The highest BCUT2D eigenvalue weighted by molar-refractivity contribution is 5.45. The van der Waals surface area contributed by atoms with Gasteiger partial charge in [-0.2, -0.15) is 0 Å². The van der Waals surface area contributed by atoms with Crippen LogP contribution in [0.3, 0.4) is 0 Å². The van der Waals surface area contributed by atoms with E-state index in [1.165, 1.54) is 0 Å². The summed E-state index contributed by atoms with van der Waals surface area (Å²) >= 11 is 0. The number of fused-ring (bicyclic) bond motifs is 1. The van der Waals surface area contributed by atoms with Crippen LogP contribution in [0.2, 0.25) is 0 Å². The van der Waals surface area contributed by atoms with Crippen molar-refractivity contribution in [1.82, 2.24) is 10.3 Å². The van der Waals surface area contributed by atoms with E-state index in [-0.39, 0.29) is 41.8 Å². The average Bonchev–Trinajstić information content (AvgIpc) is 3.57. The van der Waals surface area contributed by atoms with Gasteiger partial charge in [-0.15, -0.1) is 0 Å². The third-order valence-corrected chi connectivity index (χ3v) is 11.2. The summed E-state index contributed by atoms with van der Waals surface area (Å²) in [7, 11) is 0. The van der Waals surface area contributed by atoms with Crippen molar-refractivity contribution >= 4 is 0 Å². The number of aromatic nitrogens is 1. The number of hydrogen-bond donors (Lipinski definition) is 8. The van der Waals surface area contributed by atoms with Gasteiger partial charge < -0.3 is 46.3 Å². The fraction of sp³-hybridized carbons (Fsp3) is 0.512. The SMILES string of the molecule is CCC1C#CC2C=CC(c3ccc(O)c(OC4C(O)C(CO)C=CC4C(Cc4ccc[nH]4)C4=CCNC(N)=C4)c3)CC(O)C2C(O)CCCC1. The van der Waals surface area contributed by atoms with E-state index in [0.717, 1.165) is 42.5 Å². The van der Waals surface area contributed by atoms with Gasteiger partial charge in [-0.3, -0.25) is 0 Å². The molecule has 2 aromatic rings. The van der Waals surface area contributed by atoms with Crippen LogP contribution in [-0.4, -0.2) is 68.1 Å². The predicted molar refractivity (Wildman–Crippen MR) is 194 cm³/mol. The van der Waals surface area contributed by atoms with Crippen LogP contribution in [0.4, 0.5) is 0 Å². The largest absolute Gasteiger partial charge is 0.504 e. The molecule has 4 aliphatic rings. The number of aliphatic hydroxyl groups excluding tert-OH is 4. The number of ether oxygens (including phenoxy) is 1. The molecule has 0 bridgehead atoms. The molecule has 0 saturated heterocycles. The summed E-state index contributed by atoms with van der Waals surface area (Å²) in [5, 5.41) is 58.8. The molecule has 0 radical (unpaired) electrons. The van der Waals surface area contributed by atoms with E-state index < -0.39 is 36.3 Å². The number of phenolic OH excluding ortho intramolecular Hbond substituents is 1. The summed E-state index contributed by atoms with van der Waals surface area (Å²) in [6.45, 7) is 2.48. The van der Waals surface area contributed by atoms with Gasteiger partial charge in [0.2, 0.25) is 0 Å². The fourth-order valence-corrected chi connectivity index (χ4v) is 8.22. The van der Waals surface area contributed by atoms with Crippen LogP contribution in [0.5, 0.6) is 11.5 Å². The Hall–Kier alpha value is -3.94. The highest BCUT2D eigenvalue weighted by atomic mass is 16.5. The van der Waals surface area contributed by atoms with Crippen molar-refractivity contribution in [3.63, 3.8) is 0 Å². The summed E-state index contributed by atoms with van der Waals surface area (Å²) in [6, 6.07) is 9.18. The Bertz CT molecular complexity index is 1620. The second-order valence-electron chi connectivity index (χ2n) is 14.4. The molecule has 3 aliphatic carbocycles. The number of hydrogen-bond acceptors (Lipinski definition) is 8. The molecule has 50 heavy (non-hydrogen) atoms. The minimum atomic E-state index is -1.05. The van der Waals surface area contributed by atoms with Gasteiger partial charge in [0.15, 0.2) is 11.5 Å². The molecule has 11 atom stereocenters. The van der Waals surface area contributed by atoms with Crippen molar-refractivity contribution in [3.05, 3.63) is 95.6 Å². The number of dihydropyridines is 1. The molecule has 9 heteroatoms. The second kappa shape index (κ2) is 16.4. The van der Waals surface area contributed by atoms with E-state index >= 15 is 0 Å². The maximum absolute atomic E-state index is 11.7. The first-order chi connectivity index (χ1) is 24.2. The summed E-state index contributed by atoms with van der Waals surface area (Å²) in [5.41, 5.74) is 9.07. The van der Waals surface area contributed by atoms with E-state index in [1.807, 2.05) is 48.7 Å². The number of aromatic amines is 1. The van der Waals surface area contributed by atoms with Crippen molar-refractivity contribution in [2.24, 2.45) is 41.2 Å². The minimum Gasteiger partial charge on any atom is -0.504 e. The van der Waals surface area contributed by atoms with Crippen molar-refractivity contribution in [2.75, 3.05) is 13.2 Å². The van der Waals surface area contributed by atoms with Crippen LogP contribution >= 0.6 is 0 Å². The molecular weight excluding hydrogens is 630 g/mol. The highest BCUT2D eigenvalue weighted by Crippen LogP contribution is 2.42. The lowest BCUT2D eigenvalue weighted by molar-refractivity contribution is -0.0404. The van der Waals surface area contributed by atoms with E-state index in [1.54, 1.807) is 12.1 Å². The van der Waals surface area contributed by atoms with Gasteiger partial charge in [0, 0.05) is 53.9 Å². The summed E-state index contributed by atoms with van der Waals surface area (Å²) < 4.78 is 6.63. The smallest absolute Gasteiger partial charge is 0.161 e. The molecule has 2 heterocycles. The maximum atomic E-state index is 11.7. The van der Waals surface area contributed by atoms with Crippen LogP contribution in [0, 0.1) is 47.3 Å². The number of rotatable bonds is 9. The lowest BCUT2D eigenvalue weighted by Gasteiger charge is -2.40. The first-order valence-electron chi connectivity index (χ1n) is 18.3. The monoisotopic (exact) mass is 683 g/mol. The third-order valence-electron chi connectivity index (χ3n) is 11.2. The van der Waals surface area contributed by atoms with E-state index in [0.29, 0.717) is 37.5 Å². The molecule has 1 aliphatic heterocycles. The molecule has 1 aromatic heterocycles. The molecule has 0 saturated carbocycles. The molecule has 6 rings (SSSR count). The van der Waals surface area contributed by atoms with Gasteiger partial charge in [0.1, 0.15) is 6.10 Å². The zero-order chi connectivity index (χ0) is 35.2. The Labute approximate surface area is 295 Å². The molecule has 9 nitrogen and oxygen atoms in total. The Balaban J connectivity index is 1.31. The Kier molecular flexibility index (Phi) is 11.8. The van der Waals surface area contributed by atoms with E-state index in [4.69, 9.17) is 10.5 Å². The number of aromatic hydroxyl groups is 1. The molecule has 0 spiro atoms. The van der Waals surface area contributed by atoms with E-state index in [2.05, 4.69) is 41.2 Å². The van der Waals surface area contributed by atoms with Gasteiger partial charge in [0.05, 0.1) is 30.7 Å². The van der Waals surface area contributed by atoms with Crippen molar-refractivity contribution in [2.45, 2.75) is 82.2 Å². The van der Waals surface area contributed by atoms with Crippen LogP contribution in [-0.2, 0) is 6.42 Å². The molecule has 0 amide bonds. The average molecular weight is 684 g/mol. The van der Waals surface area contributed by atoms with Crippen molar-refractivity contribution in [3.8, 4) is 23.3 Å². The summed E-state index contributed by atoms with van der Waals surface area (Å²) in [4.78, 5) is 3.30. The molecule has 9 N–H and O–H groups in total. The predicted octanol–water partition coefficient (Wildman–Crippen LogP) is 4.41. The number of aliphatic hydroxyl groups is 4. The molecule has 0 fully saturated rings. The Morgan fingerprint density at radius 2 is 1.86 bits per heavy atom. The number of allylic oxidation sites excluding steroid dienone is 4. The van der Waals surface area contributed by atoms with Gasteiger partial charge in [0.25, 0.3) is 0 Å². The summed E-state index contributed by atoms with van der Waals surface area (Å²) in [5.74, 6) is 6.00. The van der Waals surface area contributed by atoms with Crippen molar-refractivity contribution < 1.29 is 30.3 Å². The van der Waals surface area contributed by atoms with Crippen molar-refractivity contribution in [1.29, 1.82) is 0 Å². The standard InChI is InChI=1S/C41H53N3O6/c1-2-25-6-3-4-8-35(47)39-26(10-9-25)11-12-27(20-36(39)48)28-14-16-34(46)37(21-28)50-41-32(15-13-30(24-45)40(41)49)33(23-31-7-5-18-43-31)29-17-19-44-38(42)22-29/h5,7,11-18,21-22,25-27,30,32-33,35-36,39-41,43-49H,2-4,6,8,19-20,23-24,42H2,1H3. The van der Waals surface area contributed by atoms with Gasteiger partial charge in [-0.25, -0.2) is 0 Å². The number of H-pyrrole nitrogens is 1. The molecule has 268 valence electrons. The fourth-order valence-electron chi connectivity index (χ4n) is 8.22. The summed E-state index contributed by atoms with van der Waals surface area (Å²) in [6.07, 6.45) is 16.2. The number of phenols is 1. The minimum absolute atomic E-state index is 0.0693. The molecular formula is C41H53N3O6. The second-order valence-corrected chi connectivity index (χ2v) is 14.4. The van der Waals surface area contributed by atoms with Gasteiger partial charge in [-0.05, 0) is 79.5 Å². The lowest BCUT2D eigenvalue weighted by atomic mass is 9.72. The molecule has 1 aromatic carbocycles. The topological polar surface area (TPSA) is 164 Å². The Morgan fingerprint density at radius 1 is 1.02 bits per heavy atom. The number of nitrogens with two attached hydrogens (primary N) is 1.